The quantitative estimate of drug-likeness (QED) is 0.246. The zero-order valence-electron chi connectivity index (χ0n) is 20.8. The van der Waals surface area contributed by atoms with Crippen LogP contribution in [0.4, 0.5) is 4.39 Å². The van der Waals surface area contributed by atoms with Crippen LogP contribution in [0.15, 0.2) is 82.7 Å². The van der Waals surface area contributed by atoms with Gasteiger partial charge in [-0.25, -0.2) is 9.37 Å². The average Bonchev–Trinajstić information content (AvgIpc) is 3.63. The molecule has 0 spiro atoms. The molecule has 0 bridgehead atoms. The van der Waals surface area contributed by atoms with Gasteiger partial charge in [-0.3, -0.25) is 14.9 Å². The predicted octanol–water partition coefficient (Wildman–Crippen LogP) is 6.12. The van der Waals surface area contributed by atoms with Crippen molar-refractivity contribution in [2.24, 2.45) is 4.99 Å². The molecule has 0 radical (unpaired) electrons. The summed E-state index contributed by atoms with van der Waals surface area (Å²) in [4.78, 5) is 26.4. The number of H-pyrrole nitrogens is 2. The van der Waals surface area contributed by atoms with Crippen LogP contribution in [0.1, 0.15) is 18.1 Å². The first-order valence-electron chi connectivity index (χ1n) is 12.1. The van der Waals surface area contributed by atoms with Crippen molar-refractivity contribution < 1.29 is 9.13 Å². The highest BCUT2D eigenvalue weighted by molar-refractivity contribution is 7.20. The Morgan fingerprint density at radius 2 is 1.95 bits per heavy atom. The SMILES string of the molecule is COc1ccc(-c2[nH]n(-c3nc4ccccc4s3)c(=O)c2C(C)=NCCc2c[nH]c3ccc(F)cc23)cc1. The molecule has 0 fully saturated rings. The lowest BCUT2D eigenvalue weighted by atomic mass is 10.0. The van der Waals surface area contributed by atoms with E-state index in [0.29, 0.717) is 35.1 Å². The molecule has 0 amide bonds. The minimum Gasteiger partial charge on any atom is -0.497 e. The van der Waals surface area contributed by atoms with Crippen LogP contribution < -0.4 is 10.3 Å². The standard InChI is InChI=1S/C29H24FN5O2S/c1-17(31-14-13-19-16-32-23-12-9-20(30)15-22(19)23)26-27(18-7-10-21(37-2)11-8-18)34-35(28(26)36)29-33-24-5-3-4-6-25(24)38-29/h3-12,15-16,32,34H,13-14H2,1-2H3. The number of hydrogen-bond donors (Lipinski definition) is 2. The maximum Gasteiger partial charge on any atom is 0.283 e. The minimum absolute atomic E-state index is 0.217. The number of fused-ring (bicyclic) bond motifs is 2. The van der Waals surface area contributed by atoms with Gasteiger partial charge in [-0.05, 0) is 73.5 Å². The molecule has 0 unspecified atom stereocenters. The van der Waals surface area contributed by atoms with Crippen molar-refractivity contribution in [3.8, 4) is 22.1 Å². The Balaban J connectivity index is 1.39. The van der Waals surface area contributed by atoms with Crippen LogP contribution in [0.5, 0.6) is 5.75 Å². The topological polar surface area (TPSA) is 88.1 Å². The van der Waals surface area contributed by atoms with E-state index in [4.69, 9.17) is 9.73 Å². The van der Waals surface area contributed by atoms with Gasteiger partial charge in [0.15, 0.2) is 0 Å². The highest BCUT2D eigenvalue weighted by atomic mass is 32.1. The van der Waals surface area contributed by atoms with Gasteiger partial charge in [0, 0.05) is 34.9 Å². The Morgan fingerprint density at radius 1 is 1.13 bits per heavy atom. The summed E-state index contributed by atoms with van der Waals surface area (Å²) in [6.07, 6.45) is 2.49. The average molecular weight is 526 g/mol. The molecule has 7 nitrogen and oxygen atoms in total. The van der Waals surface area contributed by atoms with Gasteiger partial charge in [0.1, 0.15) is 11.6 Å². The molecule has 9 heteroatoms. The van der Waals surface area contributed by atoms with Crippen LogP contribution in [0.2, 0.25) is 0 Å². The van der Waals surface area contributed by atoms with Gasteiger partial charge in [-0.2, -0.15) is 4.68 Å². The number of halogens is 1. The molecule has 3 heterocycles. The van der Waals surface area contributed by atoms with Crippen LogP contribution in [0.25, 0.3) is 37.5 Å². The van der Waals surface area contributed by atoms with E-state index in [9.17, 15) is 9.18 Å². The number of benzene rings is 3. The second-order valence-corrected chi connectivity index (χ2v) is 9.93. The molecule has 6 rings (SSSR count). The number of thiazole rings is 1. The van der Waals surface area contributed by atoms with Gasteiger partial charge in [-0.1, -0.05) is 23.5 Å². The molecule has 0 aliphatic heterocycles. The maximum absolute atomic E-state index is 13.8. The van der Waals surface area contributed by atoms with Crippen LogP contribution in [-0.4, -0.2) is 39.1 Å². The first-order valence-corrected chi connectivity index (χ1v) is 13.0. The summed E-state index contributed by atoms with van der Waals surface area (Å²) >= 11 is 1.44. The predicted molar refractivity (Wildman–Crippen MR) is 151 cm³/mol. The molecule has 38 heavy (non-hydrogen) atoms. The van der Waals surface area contributed by atoms with Gasteiger partial charge in [0.25, 0.3) is 5.56 Å². The van der Waals surface area contributed by atoms with E-state index in [2.05, 4.69) is 15.1 Å². The molecule has 0 aliphatic rings. The lowest BCUT2D eigenvalue weighted by Crippen LogP contribution is -2.19. The molecule has 190 valence electrons. The number of rotatable bonds is 7. The van der Waals surface area contributed by atoms with Gasteiger partial charge in [0.05, 0.1) is 28.6 Å². The summed E-state index contributed by atoms with van der Waals surface area (Å²) < 4.78 is 21.6. The summed E-state index contributed by atoms with van der Waals surface area (Å²) in [5.41, 5.74) is 5.07. The number of aliphatic imine (C=N–C) groups is 1. The fourth-order valence-corrected chi connectivity index (χ4v) is 5.54. The Morgan fingerprint density at radius 3 is 2.74 bits per heavy atom. The van der Waals surface area contributed by atoms with E-state index in [1.165, 1.54) is 28.2 Å². The van der Waals surface area contributed by atoms with Gasteiger partial charge < -0.3 is 9.72 Å². The Kier molecular flexibility index (Phi) is 6.13. The molecule has 6 aromatic rings. The lowest BCUT2D eigenvalue weighted by Gasteiger charge is -2.05. The maximum atomic E-state index is 13.8. The molecular weight excluding hydrogens is 501 g/mol. The van der Waals surface area contributed by atoms with Crippen molar-refractivity contribution in [1.82, 2.24) is 19.7 Å². The van der Waals surface area contributed by atoms with E-state index >= 15 is 0 Å². The number of aromatic amines is 2. The van der Waals surface area contributed by atoms with Gasteiger partial charge in [-0.15, -0.1) is 0 Å². The fourth-order valence-electron chi connectivity index (χ4n) is 4.61. The molecule has 0 saturated carbocycles. The number of nitrogens with zero attached hydrogens (tertiary/aromatic N) is 3. The largest absolute Gasteiger partial charge is 0.497 e. The Hall–Kier alpha value is -4.50. The highest BCUT2D eigenvalue weighted by Gasteiger charge is 2.21. The number of aromatic nitrogens is 4. The molecule has 2 N–H and O–H groups in total. The second-order valence-electron chi connectivity index (χ2n) is 8.92. The Labute approximate surface area is 221 Å². The summed E-state index contributed by atoms with van der Waals surface area (Å²) in [7, 11) is 1.62. The molecule has 3 aromatic heterocycles. The van der Waals surface area contributed by atoms with Crippen LogP contribution in [0, 0.1) is 5.82 Å². The van der Waals surface area contributed by atoms with E-state index in [1.54, 1.807) is 13.2 Å². The third-order valence-electron chi connectivity index (χ3n) is 6.56. The zero-order valence-corrected chi connectivity index (χ0v) is 21.6. The number of methoxy groups -OCH3 is 1. The number of hydrogen-bond acceptors (Lipinski definition) is 5. The van der Waals surface area contributed by atoms with Gasteiger partial charge >= 0.3 is 0 Å². The van der Waals surface area contributed by atoms with Crippen molar-refractivity contribution in [1.29, 1.82) is 0 Å². The number of nitrogens with one attached hydrogen (secondary N) is 2. The molecule has 0 aliphatic carbocycles. The van der Waals surface area contributed by atoms with Crippen LogP contribution in [0.3, 0.4) is 0 Å². The molecular formula is C29H24FN5O2S. The monoisotopic (exact) mass is 525 g/mol. The van der Waals surface area contributed by atoms with Crippen molar-refractivity contribution in [3.63, 3.8) is 0 Å². The van der Waals surface area contributed by atoms with E-state index < -0.39 is 0 Å². The lowest BCUT2D eigenvalue weighted by molar-refractivity contribution is 0.415. The van der Waals surface area contributed by atoms with E-state index in [-0.39, 0.29) is 11.4 Å². The first kappa shape index (κ1) is 23.9. The normalized spacial score (nSPS) is 12.0. The van der Waals surface area contributed by atoms with Gasteiger partial charge in [0.2, 0.25) is 5.13 Å². The third-order valence-corrected chi connectivity index (χ3v) is 7.59. The zero-order chi connectivity index (χ0) is 26.2. The fraction of sp³-hybridized carbons (Fsp3) is 0.138. The van der Waals surface area contributed by atoms with Crippen molar-refractivity contribution in [2.75, 3.05) is 13.7 Å². The van der Waals surface area contributed by atoms with Crippen molar-refractivity contribution in [3.05, 3.63) is 100 Å². The van der Waals surface area contributed by atoms with E-state index in [1.807, 2.05) is 61.7 Å². The van der Waals surface area contributed by atoms with E-state index in [0.717, 1.165) is 38.0 Å². The van der Waals surface area contributed by atoms with Crippen LogP contribution in [-0.2, 0) is 6.42 Å². The van der Waals surface area contributed by atoms with Crippen molar-refractivity contribution in [2.45, 2.75) is 13.3 Å². The second kappa shape index (κ2) is 9.75. The Bertz CT molecular complexity index is 1830. The molecule has 3 aromatic carbocycles. The van der Waals surface area contributed by atoms with Crippen LogP contribution >= 0.6 is 11.3 Å². The summed E-state index contributed by atoms with van der Waals surface area (Å²) in [5.74, 6) is 0.452. The highest BCUT2D eigenvalue weighted by Crippen LogP contribution is 2.27. The number of ether oxygens (including phenoxy) is 1. The minimum atomic E-state index is -0.273. The first-order chi connectivity index (χ1) is 18.5. The third kappa shape index (κ3) is 4.31. The summed E-state index contributed by atoms with van der Waals surface area (Å²) in [6, 6.07) is 20.0. The molecule has 0 atom stereocenters. The molecule has 0 saturated heterocycles. The summed E-state index contributed by atoms with van der Waals surface area (Å²) in [5, 5.41) is 4.69. The summed E-state index contributed by atoms with van der Waals surface area (Å²) in [6.45, 7) is 2.29. The number of para-hydroxylation sites is 1. The smallest absolute Gasteiger partial charge is 0.283 e. The van der Waals surface area contributed by atoms with Crippen molar-refractivity contribution >= 4 is 38.2 Å².